The number of fused-ring (bicyclic) bond motifs is 1. The number of aryl methyl sites for hydroxylation is 1. The van der Waals surface area contributed by atoms with Crippen LogP contribution >= 0.6 is 11.6 Å². The van der Waals surface area contributed by atoms with Crippen molar-refractivity contribution in [2.24, 2.45) is 0 Å². The normalized spacial score (nSPS) is 14.5. The highest BCUT2D eigenvalue weighted by Crippen LogP contribution is 2.17. The summed E-state index contributed by atoms with van der Waals surface area (Å²) < 4.78 is 7.64. The fourth-order valence-electron chi connectivity index (χ4n) is 2.42. The maximum Gasteiger partial charge on any atom is 0.261 e. The second kappa shape index (κ2) is 6.36. The van der Waals surface area contributed by atoms with Crippen LogP contribution in [-0.4, -0.2) is 26.8 Å². The number of aromatic nitrogens is 3. The molecule has 0 spiro atoms. The highest BCUT2D eigenvalue weighted by molar-refractivity contribution is 6.30. The lowest BCUT2D eigenvalue weighted by Gasteiger charge is -2.14. The van der Waals surface area contributed by atoms with Gasteiger partial charge in [0.15, 0.2) is 11.9 Å². The number of nitrogens with zero attached hydrogens (tertiary/aromatic N) is 3. The molecule has 3 rings (SSSR count). The smallest absolute Gasteiger partial charge is 0.261 e. The summed E-state index contributed by atoms with van der Waals surface area (Å²) >= 11 is 5.81. The van der Waals surface area contributed by atoms with Crippen molar-refractivity contribution in [1.82, 2.24) is 20.1 Å². The van der Waals surface area contributed by atoms with Crippen molar-refractivity contribution in [2.75, 3.05) is 0 Å². The van der Waals surface area contributed by atoms with Crippen LogP contribution < -0.4 is 10.1 Å². The van der Waals surface area contributed by atoms with Gasteiger partial charge in [-0.15, -0.1) is 10.2 Å². The predicted molar refractivity (Wildman–Crippen MR) is 81.7 cm³/mol. The summed E-state index contributed by atoms with van der Waals surface area (Å²) in [4.78, 5) is 12.1. The molecular formula is C15H17ClN4O2. The number of hydrogen-bond acceptors (Lipinski definition) is 4. The molecule has 2 aromatic rings. The second-order valence-corrected chi connectivity index (χ2v) is 5.66. The van der Waals surface area contributed by atoms with Crippen LogP contribution in [0.25, 0.3) is 0 Å². The third kappa shape index (κ3) is 3.22. The van der Waals surface area contributed by atoms with E-state index < -0.39 is 6.10 Å². The van der Waals surface area contributed by atoms with Crippen molar-refractivity contribution in [3.05, 3.63) is 40.9 Å². The van der Waals surface area contributed by atoms with E-state index in [0.717, 1.165) is 31.0 Å². The van der Waals surface area contributed by atoms with Crippen LogP contribution in [0.5, 0.6) is 5.75 Å². The zero-order valence-corrected chi connectivity index (χ0v) is 13.0. The van der Waals surface area contributed by atoms with Crippen molar-refractivity contribution in [3.8, 4) is 5.75 Å². The summed E-state index contributed by atoms with van der Waals surface area (Å²) in [7, 11) is 0. The minimum Gasteiger partial charge on any atom is -0.481 e. The van der Waals surface area contributed by atoms with Gasteiger partial charge in [0.2, 0.25) is 0 Å². The average molecular weight is 321 g/mol. The zero-order chi connectivity index (χ0) is 15.5. The van der Waals surface area contributed by atoms with Gasteiger partial charge in [-0.05, 0) is 37.6 Å². The summed E-state index contributed by atoms with van der Waals surface area (Å²) in [6.45, 7) is 2.99. The van der Waals surface area contributed by atoms with E-state index in [1.165, 1.54) is 0 Å². The van der Waals surface area contributed by atoms with Crippen molar-refractivity contribution in [1.29, 1.82) is 0 Å². The largest absolute Gasteiger partial charge is 0.481 e. The number of ether oxygens (including phenoxy) is 1. The summed E-state index contributed by atoms with van der Waals surface area (Å²) in [6.07, 6.45) is 1.45. The molecule has 22 heavy (non-hydrogen) atoms. The van der Waals surface area contributed by atoms with E-state index in [4.69, 9.17) is 16.3 Å². The van der Waals surface area contributed by atoms with Crippen molar-refractivity contribution >= 4 is 17.5 Å². The van der Waals surface area contributed by atoms with Crippen molar-refractivity contribution in [2.45, 2.75) is 39.0 Å². The highest BCUT2D eigenvalue weighted by atomic mass is 35.5. The molecule has 2 heterocycles. The summed E-state index contributed by atoms with van der Waals surface area (Å²) in [5, 5.41) is 11.7. The predicted octanol–water partition coefficient (Wildman–Crippen LogP) is 1.96. The van der Waals surface area contributed by atoms with Crippen LogP contribution in [0.4, 0.5) is 0 Å². The zero-order valence-electron chi connectivity index (χ0n) is 12.3. The second-order valence-electron chi connectivity index (χ2n) is 5.22. The first-order valence-corrected chi connectivity index (χ1v) is 7.62. The number of rotatable bonds is 5. The Balaban J connectivity index is 1.53. The Bertz CT molecular complexity index is 669. The molecule has 6 nitrogen and oxygen atoms in total. The molecule has 0 saturated carbocycles. The van der Waals surface area contributed by atoms with Crippen molar-refractivity contribution in [3.63, 3.8) is 0 Å². The van der Waals surface area contributed by atoms with E-state index in [0.29, 0.717) is 17.3 Å². The molecule has 1 atom stereocenters. The van der Waals surface area contributed by atoms with Gasteiger partial charge in [0, 0.05) is 18.0 Å². The Kier molecular flexibility index (Phi) is 4.29. The standard InChI is InChI=1S/C15H17ClN4O2/c1-10(22-12-6-4-11(16)5-7-12)15(21)17-9-14-19-18-13-3-2-8-20(13)14/h4-7,10H,2-3,8-9H2,1H3,(H,17,21)/t10-/m0/s1. The van der Waals surface area contributed by atoms with Crippen LogP contribution in [0, 0.1) is 0 Å². The van der Waals surface area contributed by atoms with E-state index in [9.17, 15) is 4.79 Å². The third-order valence-electron chi connectivity index (χ3n) is 3.60. The van der Waals surface area contributed by atoms with E-state index in [2.05, 4.69) is 20.1 Å². The molecule has 116 valence electrons. The molecule has 1 aromatic carbocycles. The first kappa shape index (κ1) is 14.8. The number of benzene rings is 1. The molecular weight excluding hydrogens is 304 g/mol. The Hall–Kier alpha value is -2.08. The Morgan fingerprint density at radius 3 is 2.95 bits per heavy atom. The summed E-state index contributed by atoms with van der Waals surface area (Å²) in [6, 6.07) is 6.91. The molecule has 0 unspecified atom stereocenters. The number of hydrogen-bond donors (Lipinski definition) is 1. The fourth-order valence-corrected chi connectivity index (χ4v) is 2.55. The minimum absolute atomic E-state index is 0.190. The molecule has 0 aliphatic carbocycles. The Labute approximate surface area is 133 Å². The maximum atomic E-state index is 12.1. The first-order valence-electron chi connectivity index (χ1n) is 7.24. The topological polar surface area (TPSA) is 69.0 Å². The molecule has 1 aromatic heterocycles. The molecule has 0 saturated heterocycles. The molecule has 1 aliphatic rings. The summed E-state index contributed by atoms with van der Waals surface area (Å²) in [5.74, 6) is 2.20. The average Bonchev–Trinajstić information content (AvgIpc) is 3.11. The molecule has 0 bridgehead atoms. The Morgan fingerprint density at radius 2 is 2.18 bits per heavy atom. The van der Waals surface area contributed by atoms with E-state index in [-0.39, 0.29) is 5.91 Å². The molecule has 1 amide bonds. The van der Waals surface area contributed by atoms with Gasteiger partial charge >= 0.3 is 0 Å². The minimum atomic E-state index is -0.595. The SMILES string of the molecule is C[C@H](Oc1ccc(Cl)cc1)C(=O)NCc1nnc2n1CCC2. The lowest BCUT2D eigenvalue weighted by atomic mass is 10.3. The van der Waals surface area contributed by atoms with Crippen LogP contribution in [0.2, 0.25) is 5.02 Å². The van der Waals surface area contributed by atoms with Crippen LogP contribution in [0.1, 0.15) is 25.0 Å². The van der Waals surface area contributed by atoms with Gasteiger partial charge < -0.3 is 14.6 Å². The van der Waals surface area contributed by atoms with Crippen molar-refractivity contribution < 1.29 is 9.53 Å². The maximum absolute atomic E-state index is 12.1. The molecule has 1 N–H and O–H groups in total. The van der Waals surface area contributed by atoms with Gasteiger partial charge in [-0.3, -0.25) is 4.79 Å². The summed E-state index contributed by atoms with van der Waals surface area (Å²) in [5.41, 5.74) is 0. The van der Waals surface area contributed by atoms with Gasteiger partial charge in [0.25, 0.3) is 5.91 Å². The fraction of sp³-hybridized carbons (Fsp3) is 0.400. The van der Waals surface area contributed by atoms with Gasteiger partial charge in [-0.25, -0.2) is 0 Å². The number of nitrogens with one attached hydrogen (secondary N) is 1. The van der Waals surface area contributed by atoms with Gasteiger partial charge in [0.1, 0.15) is 11.6 Å². The van der Waals surface area contributed by atoms with Crippen LogP contribution in [0.3, 0.4) is 0 Å². The quantitative estimate of drug-likeness (QED) is 0.914. The molecule has 0 fully saturated rings. The Morgan fingerprint density at radius 1 is 1.41 bits per heavy atom. The number of halogens is 1. The third-order valence-corrected chi connectivity index (χ3v) is 3.85. The molecule has 1 aliphatic heterocycles. The molecule has 7 heteroatoms. The van der Waals surface area contributed by atoms with Crippen LogP contribution in [-0.2, 0) is 24.3 Å². The number of amides is 1. The van der Waals surface area contributed by atoms with E-state index in [1.807, 2.05) is 0 Å². The van der Waals surface area contributed by atoms with E-state index in [1.54, 1.807) is 31.2 Å². The first-order chi connectivity index (χ1) is 10.6. The molecule has 0 radical (unpaired) electrons. The monoisotopic (exact) mass is 320 g/mol. The number of carbonyl (C=O) groups excluding carboxylic acids is 1. The lowest BCUT2D eigenvalue weighted by Crippen LogP contribution is -2.36. The lowest BCUT2D eigenvalue weighted by molar-refractivity contribution is -0.127. The van der Waals surface area contributed by atoms with Crippen LogP contribution in [0.15, 0.2) is 24.3 Å². The van der Waals surface area contributed by atoms with Gasteiger partial charge in [-0.1, -0.05) is 11.6 Å². The van der Waals surface area contributed by atoms with Gasteiger partial charge in [-0.2, -0.15) is 0 Å². The van der Waals surface area contributed by atoms with Gasteiger partial charge in [0.05, 0.1) is 6.54 Å². The van der Waals surface area contributed by atoms with E-state index >= 15 is 0 Å². The number of carbonyl (C=O) groups is 1. The highest BCUT2D eigenvalue weighted by Gasteiger charge is 2.19.